The number of likely N-dealkylation sites (tertiary alicyclic amines) is 1. The summed E-state index contributed by atoms with van der Waals surface area (Å²) in [6, 6.07) is 30.8. The fraction of sp³-hybridized carbons (Fsp3) is 0.258. The normalized spacial score (nSPS) is 14.3. The van der Waals surface area contributed by atoms with Crippen LogP contribution in [-0.2, 0) is 14.3 Å². The Morgan fingerprint density at radius 3 is 1.72 bits per heavy atom. The molecule has 0 unspecified atom stereocenters. The maximum atomic E-state index is 14.6. The van der Waals surface area contributed by atoms with Crippen LogP contribution >= 0.6 is 6.89 Å². The van der Waals surface area contributed by atoms with Gasteiger partial charge in [-0.15, -0.1) is 0 Å². The van der Waals surface area contributed by atoms with Crippen LogP contribution in [0, 0.1) is 11.3 Å². The van der Waals surface area contributed by atoms with Crippen molar-refractivity contribution < 1.29 is 19.1 Å². The van der Waals surface area contributed by atoms with E-state index >= 15 is 0 Å². The average molecular weight is 542 g/mol. The summed E-state index contributed by atoms with van der Waals surface area (Å²) in [6.07, 6.45) is -1.39. The van der Waals surface area contributed by atoms with E-state index in [4.69, 9.17) is 4.74 Å². The zero-order chi connectivity index (χ0) is 28.0. The van der Waals surface area contributed by atoms with Gasteiger partial charge in [0, 0.05) is 13.0 Å². The number of nitriles is 1. The molecule has 200 valence electrons. The van der Waals surface area contributed by atoms with Crippen LogP contribution in [-0.4, -0.2) is 46.3 Å². The molecule has 0 aromatic heterocycles. The molecular weight excluding hydrogens is 509 g/mol. The van der Waals surface area contributed by atoms with Crippen molar-refractivity contribution in [3.8, 4) is 6.07 Å². The molecule has 0 radical (unpaired) electrons. The Balaban J connectivity index is 2.04. The number of nitrogens with one attached hydrogen (secondary N) is 1. The Labute approximate surface area is 229 Å². The minimum Gasteiger partial charge on any atom is -0.444 e. The van der Waals surface area contributed by atoms with Crippen molar-refractivity contribution >= 4 is 45.9 Å². The molecule has 7 nitrogen and oxygen atoms in total. The van der Waals surface area contributed by atoms with Crippen LogP contribution < -0.4 is 21.2 Å². The molecule has 0 bridgehead atoms. The van der Waals surface area contributed by atoms with E-state index < -0.39 is 30.5 Å². The summed E-state index contributed by atoms with van der Waals surface area (Å²) in [5.74, 6) is -0.881. The predicted molar refractivity (Wildman–Crippen MR) is 155 cm³/mol. The Bertz CT molecular complexity index is 1340. The van der Waals surface area contributed by atoms with Gasteiger partial charge in [0.2, 0.25) is 11.7 Å². The monoisotopic (exact) mass is 541 g/mol. The molecule has 0 spiro atoms. The second-order valence-corrected chi connectivity index (χ2v) is 13.6. The first-order chi connectivity index (χ1) is 18.7. The third-order valence-corrected chi connectivity index (χ3v) is 10.6. The number of carbonyl (C=O) groups is 3. The summed E-state index contributed by atoms with van der Waals surface area (Å²) in [7, 11) is 0. The Kier molecular flexibility index (Phi) is 8.38. The molecule has 1 heterocycles. The molecule has 1 saturated heterocycles. The van der Waals surface area contributed by atoms with Crippen molar-refractivity contribution in [3.63, 3.8) is 0 Å². The third kappa shape index (κ3) is 5.82. The number of rotatable bonds is 7. The summed E-state index contributed by atoms with van der Waals surface area (Å²) < 4.78 is 5.44. The number of Topliss-reactive ketones (excluding diaryl/α,β-unsaturated/α-hetero) is 1. The van der Waals surface area contributed by atoms with Crippen LogP contribution in [0.2, 0.25) is 0 Å². The predicted octanol–water partition coefficient (Wildman–Crippen LogP) is 3.72. The first-order valence-electron chi connectivity index (χ1n) is 12.8. The van der Waals surface area contributed by atoms with E-state index in [9.17, 15) is 19.6 Å². The minimum absolute atomic E-state index is 0.00754. The van der Waals surface area contributed by atoms with Gasteiger partial charge < -0.3 is 9.64 Å². The Morgan fingerprint density at radius 1 is 0.897 bits per heavy atom. The van der Waals surface area contributed by atoms with Crippen molar-refractivity contribution in [2.45, 2.75) is 45.4 Å². The summed E-state index contributed by atoms with van der Waals surface area (Å²) in [5.41, 5.74) is -0.816. The summed E-state index contributed by atoms with van der Waals surface area (Å²) in [6.45, 7) is 2.40. The van der Waals surface area contributed by atoms with Crippen molar-refractivity contribution in [3.05, 3.63) is 91.0 Å². The Morgan fingerprint density at radius 2 is 1.36 bits per heavy atom. The molecule has 0 saturated carbocycles. The number of carbonyl (C=O) groups excluding carboxylic acids is 3. The fourth-order valence-corrected chi connectivity index (χ4v) is 8.99. The van der Waals surface area contributed by atoms with E-state index in [0.29, 0.717) is 6.42 Å². The van der Waals surface area contributed by atoms with E-state index in [1.165, 1.54) is 4.90 Å². The van der Waals surface area contributed by atoms with Crippen molar-refractivity contribution in [2.75, 3.05) is 6.54 Å². The number of ether oxygens (including phenoxy) is 1. The van der Waals surface area contributed by atoms with E-state index in [2.05, 4.69) is 11.4 Å². The lowest BCUT2D eigenvalue weighted by Gasteiger charge is -2.33. The van der Waals surface area contributed by atoms with E-state index in [-0.39, 0.29) is 24.2 Å². The highest BCUT2D eigenvalue weighted by atomic mass is 31.2. The van der Waals surface area contributed by atoms with Gasteiger partial charge in [0.1, 0.15) is 17.0 Å². The first kappa shape index (κ1) is 27.9. The summed E-state index contributed by atoms with van der Waals surface area (Å²) in [5, 5.41) is 15.8. The molecule has 1 aliphatic rings. The smallest absolute Gasteiger partial charge is 0.409 e. The van der Waals surface area contributed by atoms with Gasteiger partial charge in [0.15, 0.2) is 6.17 Å². The zero-order valence-corrected chi connectivity index (χ0v) is 23.2. The highest BCUT2D eigenvalue weighted by Crippen LogP contribution is 2.46. The first-order valence-corrected chi connectivity index (χ1v) is 14.6. The Hall–Kier alpha value is -4.14. The van der Waals surface area contributed by atoms with Crippen molar-refractivity contribution in [2.24, 2.45) is 0 Å². The van der Waals surface area contributed by atoms with Gasteiger partial charge in [-0.05, 0) is 50.0 Å². The summed E-state index contributed by atoms with van der Waals surface area (Å²) >= 11 is 0. The fourth-order valence-electron chi connectivity index (χ4n) is 4.86. The van der Waals surface area contributed by atoms with Crippen molar-refractivity contribution in [1.29, 1.82) is 5.26 Å². The van der Waals surface area contributed by atoms with Gasteiger partial charge in [0.25, 0.3) is 0 Å². The van der Waals surface area contributed by atoms with Gasteiger partial charge in [-0.2, -0.15) is 5.26 Å². The minimum atomic E-state index is -3.04. The maximum Gasteiger partial charge on any atom is 0.409 e. The molecule has 8 heteroatoms. The molecular formula is C31H32N3O4P. The van der Waals surface area contributed by atoms with Gasteiger partial charge in [-0.25, -0.2) is 4.79 Å². The maximum absolute atomic E-state index is 14.6. The molecule has 1 fully saturated rings. The number of nitrogens with zero attached hydrogens (tertiary/aromatic N) is 2. The second kappa shape index (κ2) is 11.7. The van der Waals surface area contributed by atoms with Crippen LogP contribution in [0.3, 0.4) is 0 Å². The zero-order valence-electron chi connectivity index (χ0n) is 22.3. The van der Waals surface area contributed by atoms with E-state index in [0.717, 1.165) is 15.9 Å². The molecule has 4 rings (SSSR count). The number of hydrogen-bond donors (Lipinski definition) is 1. The topological polar surface area (TPSA) is 99.5 Å². The van der Waals surface area contributed by atoms with Crippen LogP contribution in [0.1, 0.15) is 33.6 Å². The number of amides is 2. The SMILES string of the molecule is CC(C)(C)OC(=O)N[C@H](C(=O)C(C#N)=P(c1ccccc1)(c1ccccc1)c1ccccc1)N1CCCC1=O. The number of hydrogen-bond acceptors (Lipinski definition) is 5. The standard InChI is InChI=1S/C31H32N3O4P/c1-31(2,3)38-30(37)33-29(34-21-13-20-27(34)35)28(36)26(22-32)39(23-14-7-4-8-15-23,24-16-9-5-10-17-24)25-18-11-6-12-19-25/h4-12,14-19,29H,13,20-21H2,1-3H3,(H,33,37)/t29-/m0/s1. The van der Waals surface area contributed by atoms with E-state index in [1.54, 1.807) is 20.8 Å². The lowest BCUT2D eigenvalue weighted by molar-refractivity contribution is -0.134. The molecule has 3 aromatic carbocycles. The number of benzene rings is 3. The lowest BCUT2D eigenvalue weighted by atomic mass is 10.2. The van der Waals surface area contributed by atoms with Gasteiger partial charge in [0.05, 0.1) is 0 Å². The third-order valence-electron chi connectivity index (χ3n) is 6.43. The molecule has 0 aliphatic carbocycles. The summed E-state index contributed by atoms with van der Waals surface area (Å²) in [4.78, 5) is 41.7. The van der Waals surface area contributed by atoms with Crippen LogP contribution in [0.25, 0.3) is 0 Å². The molecule has 2 amide bonds. The molecule has 3 aromatic rings. The molecule has 39 heavy (non-hydrogen) atoms. The number of alkyl carbamates (subject to hydrolysis) is 1. The van der Waals surface area contributed by atoms with E-state index in [1.807, 2.05) is 91.0 Å². The van der Waals surface area contributed by atoms with Gasteiger partial charge in [-0.1, -0.05) is 91.0 Å². The number of ketones is 1. The highest BCUT2D eigenvalue weighted by molar-refractivity contribution is 7.97. The average Bonchev–Trinajstić information content (AvgIpc) is 3.36. The van der Waals surface area contributed by atoms with Gasteiger partial charge in [-0.3, -0.25) is 14.9 Å². The molecule has 1 N–H and O–H groups in total. The molecule has 1 atom stereocenters. The highest BCUT2D eigenvalue weighted by Gasteiger charge is 2.41. The van der Waals surface area contributed by atoms with Gasteiger partial charge >= 0.3 is 6.09 Å². The quantitative estimate of drug-likeness (QED) is 0.460. The van der Waals surface area contributed by atoms with Crippen LogP contribution in [0.4, 0.5) is 4.79 Å². The second-order valence-electron chi connectivity index (χ2n) is 10.2. The lowest BCUT2D eigenvalue weighted by Crippen LogP contribution is -2.56. The van der Waals surface area contributed by atoms with Crippen molar-refractivity contribution in [1.82, 2.24) is 10.2 Å². The van der Waals surface area contributed by atoms with Crippen LogP contribution in [0.15, 0.2) is 91.0 Å². The molecule has 1 aliphatic heterocycles. The largest absolute Gasteiger partial charge is 0.444 e. The van der Waals surface area contributed by atoms with Crippen LogP contribution in [0.5, 0.6) is 0 Å².